The van der Waals surface area contributed by atoms with Gasteiger partial charge in [-0.2, -0.15) is 0 Å². The minimum Gasteiger partial charge on any atom is -0.386 e. The molecular formula is C17H15F2N3O. The number of hydrogen-bond acceptors (Lipinski definition) is 4. The van der Waals surface area contributed by atoms with Crippen LogP contribution in [-0.2, 0) is 0 Å². The molecule has 0 aliphatic heterocycles. The van der Waals surface area contributed by atoms with Crippen molar-refractivity contribution < 1.29 is 13.9 Å². The number of aromatic nitrogens is 2. The van der Waals surface area contributed by atoms with Crippen molar-refractivity contribution in [2.24, 2.45) is 0 Å². The largest absolute Gasteiger partial charge is 0.386 e. The van der Waals surface area contributed by atoms with E-state index in [-0.39, 0.29) is 12.1 Å². The van der Waals surface area contributed by atoms with Gasteiger partial charge in [-0.15, -0.1) is 0 Å². The summed E-state index contributed by atoms with van der Waals surface area (Å²) in [4.78, 5) is 8.30. The van der Waals surface area contributed by atoms with Gasteiger partial charge in [0.1, 0.15) is 29.9 Å². The van der Waals surface area contributed by atoms with Crippen LogP contribution in [0.15, 0.2) is 42.7 Å². The van der Waals surface area contributed by atoms with Crippen molar-refractivity contribution in [2.75, 3.05) is 11.9 Å². The van der Waals surface area contributed by atoms with Crippen molar-refractivity contribution in [1.29, 1.82) is 0 Å². The van der Waals surface area contributed by atoms with Crippen LogP contribution < -0.4 is 5.32 Å². The number of benzene rings is 2. The second-order valence-corrected chi connectivity index (χ2v) is 5.27. The van der Waals surface area contributed by atoms with E-state index in [1.54, 1.807) is 0 Å². The number of aliphatic hydroxyl groups excluding tert-OH is 1. The first-order chi connectivity index (χ1) is 11.1. The second-order valence-electron chi connectivity index (χ2n) is 5.27. The van der Waals surface area contributed by atoms with Crippen LogP contribution in [0.4, 0.5) is 14.6 Å². The summed E-state index contributed by atoms with van der Waals surface area (Å²) in [5, 5.41) is 13.8. The first-order valence-electron chi connectivity index (χ1n) is 7.13. The quantitative estimate of drug-likeness (QED) is 0.775. The number of hydrogen-bond donors (Lipinski definition) is 2. The van der Waals surface area contributed by atoms with Gasteiger partial charge in [-0.3, -0.25) is 0 Å². The minimum atomic E-state index is -1.33. The van der Waals surface area contributed by atoms with E-state index in [1.165, 1.54) is 12.4 Å². The van der Waals surface area contributed by atoms with Crippen LogP contribution >= 0.6 is 0 Å². The van der Waals surface area contributed by atoms with Crippen molar-refractivity contribution in [2.45, 2.75) is 13.0 Å². The summed E-state index contributed by atoms with van der Waals surface area (Å²) in [5.41, 5.74) is 1.44. The molecule has 1 aromatic heterocycles. The Morgan fingerprint density at radius 1 is 1.13 bits per heavy atom. The summed E-state index contributed by atoms with van der Waals surface area (Å²) in [6, 6.07) is 9.20. The molecule has 0 radical (unpaired) electrons. The maximum absolute atomic E-state index is 13.7. The van der Waals surface area contributed by atoms with E-state index in [4.69, 9.17) is 0 Å². The Hall–Kier alpha value is -2.60. The monoisotopic (exact) mass is 315 g/mol. The third kappa shape index (κ3) is 3.12. The Bertz CT molecular complexity index is 834. The fourth-order valence-electron chi connectivity index (χ4n) is 2.44. The van der Waals surface area contributed by atoms with E-state index < -0.39 is 17.7 Å². The van der Waals surface area contributed by atoms with Crippen LogP contribution in [0.5, 0.6) is 0 Å². The lowest BCUT2D eigenvalue weighted by Gasteiger charge is -2.15. The molecule has 3 rings (SSSR count). The molecule has 1 heterocycles. The first-order valence-corrected chi connectivity index (χ1v) is 7.13. The number of aryl methyl sites for hydroxylation is 1. The summed E-state index contributed by atoms with van der Waals surface area (Å²) < 4.78 is 27.4. The average molecular weight is 315 g/mol. The van der Waals surface area contributed by atoms with Crippen molar-refractivity contribution in [3.63, 3.8) is 0 Å². The molecule has 0 saturated heterocycles. The van der Waals surface area contributed by atoms with E-state index in [0.717, 1.165) is 28.6 Å². The van der Waals surface area contributed by atoms with Gasteiger partial charge in [0.25, 0.3) is 0 Å². The Labute approximate surface area is 131 Å². The van der Waals surface area contributed by atoms with Gasteiger partial charge >= 0.3 is 0 Å². The van der Waals surface area contributed by atoms with E-state index in [1.807, 2.05) is 25.1 Å². The minimum absolute atomic E-state index is 0.0715. The highest BCUT2D eigenvalue weighted by atomic mass is 19.1. The normalized spacial score (nSPS) is 12.3. The molecule has 0 bridgehead atoms. The molecule has 1 atom stereocenters. The SMILES string of the molecule is Cc1ccc2ncnc(NCC(O)c3c(F)cccc3F)c2c1. The van der Waals surface area contributed by atoms with Gasteiger partial charge in [-0.05, 0) is 31.2 Å². The first kappa shape index (κ1) is 15.3. The van der Waals surface area contributed by atoms with E-state index in [0.29, 0.717) is 5.82 Å². The molecule has 6 heteroatoms. The van der Waals surface area contributed by atoms with E-state index >= 15 is 0 Å². The fourth-order valence-corrected chi connectivity index (χ4v) is 2.44. The average Bonchev–Trinajstić information content (AvgIpc) is 2.52. The van der Waals surface area contributed by atoms with Gasteiger partial charge in [-0.1, -0.05) is 17.7 Å². The van der Waals surface area contributed by atoms with E-state index in [9.17, 15) is 13.9 Å². The molecule has 0 amide bonds. The molecule has 2 aromatic carbocycles. The van der Waals surface area contributed by atoms with Crippen molar-refractivity contribution in [3.8, 4) is 0 Å². The lowest BCUT2D eigenvalue weighted by molar-refractivity contribution is 0.181. The Kier molecular flexibility index (Phi) is 4.16. The molecule has 0 saturated carbocycles. The van der Waals surface area contributed by atoms with Crippen LogP contribution in [0.3, 0.4) is 0 Å². The number of fused-ring (bicyclic) bond motifs is 1. The maximum atomic E-state index is 13.7. The summed E-state index contributed by atoms with van der Waals surface area (Å²) in [5.74, 6) is -1.04. The van der Waals surface area contributed by atoms with Crippen molar-refractivity contribution in [3.05, 3.63) is 65.5 Å². The molecule has 1 unspecified atom stereocenters. The zero-order valence-electron chi connectivity index (χ0n) is 12.4. The Balaban J connectivity index is 1.85. The molecule has 0 aliphatic carbocycles. The molecule has 4 nitrogen and oxygen atoms in total. The number of nitrogens with one attached hydrogen (secondary N) is 1. The van der Waals surface area contributed by atoms with Gasteiger partial charge in [-0.25, -0.2) is 18.7 Å². The zero-order valence-corrected chi connectivity index (χ0v) is 12.4. The summed E-state index contributed by atoms with van der Waals surface area (Å²) >= 11 is 0. The molecule has 3 aromatic rings. The number of halogens is 2. The molecule has 23 heavy (non-hydrogen) atoms. The van der Waals surface area contributed by atoms with Gasteiger partial charge < -0.3 is 10.4 Å². The maximum Gasteiger partial charge on any atom is 0.137 e. The second kappa shape index (κ2) is 6.26. The third-order valence-corrected chi connectivity index (χ3v) is 3.59. The smallest absolute Gasteiger partial charge is 0.137 e. The Morgan fingerprint density at radius 2 is 1.87 bits per heavy atom. The third-order valence-electron chi connectivity index (χ3n) is 3.59. The van der Waals surface area contributed by atoms with Crippen LogP contribution in [0, 0.1) is 18.6 Å². The summed E-state index contributed by atoms with van der Waals surface area (Å²) in [7, 11) is 0. The van der Waals surface area contributed by atoms with Crippen LogP contribution in [0.1, 0.15) is 17.2 Å². The van der Waals surface area contributed by atoms with Crippen LogP contribution in [0.25, 0.3) is 10.9 Å². The van der Waals surface area contributed by atoms with Crippen LogP contribution in [0.2, 0.25) is 0 Å². The predicted octanol–water partition coefficient (Wildman–Crippen LogP) is 3.36. The molecule has 118 valence electrons. The summed E-state index contributed by atoms with van der Waals surface area (Å²) in [6.45, 7) is 1.87. The van der Waals surface area contributed by atoms with Crippen molar-refractivity contribution in [1.82, 2.24) is 9.97 Å². The fraction of sp³-hybridized carbons (Fsp3) is 0.176. The van der Waals surface area contributed by atoms with Gasteiger partial charge in [0.2, 0.25) is 0 Å². The molecule has 0 aliphatic rings. The molecule has 0 fully saturated rings. The highest BCUT2D eigenvalue weighted by molar-refractivity contribution is 5.89. The number of nitrogens with zero attached hydrogens (tertiary/aromatic N) is 2. The molecule has 2 N–H and O–H groups in total. The molecular weight excluding hydrogens is 300 g/mol. The van der Waals surface area contributed by atoms with Crippen molar-refractivity contribution >= 4 is 16.7 Å². The number of rotatable bonds is 4. The lowest BCUT2D eigenvalue weighted by Crippen LogP contribution is -2.16. The standard InChI is InChI=1S/C17H15F2N3O/c1-10-5-6-14-11(7-10)17(22-9-21-14)20-8-15(23)16-12(18)3-2-4-13(16)19/h2-7,9,15,23H,8H2,1H3,(H,20,21,22). The van der Waals surface area contributed by atoms with E-state index in [2.05, 4.69) is 15.3 Å². The lowest BCUT2D eigenvalue weighted by atomic mass is 10.1. The van der Waals surface area contributed by atoms with Gasteiger partial charge in [0.05, 0.1) is 11.1 Å². The van der Waals surface area contributed by atoms with Gasteiger partial charge in [0.15, 0.2) is 0 Å². The zero-order chi connectivity index (χ0) is 16.4. The highest BCUT2D eigenvalue weighted by Crippen LogP contribution is 2.24. The molecule has 0 spiro atoms. The summed E-state index contributed by atoms with van der Waals surface area (Å²) in [6.07, 6.45) is 0.0711. The Morgan fingerprint density at radius 3 is 2.61 bits per heavy atom. The number of anilines is 1. The topological polar surface area (TPSA) is 58.0 Å². The predicted molar refractivity (Wildman–Crippen MR) is 84.1 cm³/mol. The highest BCUT2D eigenvalue weighted by Gasteiger charge is 2.18. The number of aliphatic hydroxyl groups is 1. The van der Waals surface area contributed by atoms with Gasteiger partial charge in [0, 0.05) is 11.9 Å². The van der Waals surface area contributed by atoms with Crippen LogP contribution in [-0.4, -0.2) is 21.6 Å².